The molecule has 1 rings (SSSR count). The molecule has 1 aromatic heterocycles. The second-order valence-corrected chi connectivity index (χ2v) is 7.61. The smallest absolute Gasteiger partial charge is 0.250 e. The van der Waals surface area contributed by atoms with Gasteiger partial charge in [-0.05, 0) is 26.2 Å². The van der Waals surface area contributed by atoms with Gasteiger partial charge in [0.1, 0.15) is 4.21 Å². The Bertz CT molecular complexity index is 488. The van der Waals surface area contributed by atoms with Gasteiger partial charge < -0.3 is 15.0 Å². The van der Waals surface area contributed by atoms with Crippen molar-refractivity contribution in [3.05, 3.63) is 17.0 Å². The van der Waals surface area contributed by atoms with Crippen molar-refractivity contribution in [2.24, 2.45) is 0 Å². The lowest BCUT2D eigenvalue weighted by atomic mass is 10.5. The number of likely N-dealkylation sites (N-methyl/N-ethyl adjacent to an activating group) is 1. The molecule has 1 heterocycles. The molecule has 0 aromatic carbocycles. The Labute approximate surface area is 125 Å². The number of thiophene rings is 1. The van der Waals surface area contributed by atoms with E-state index in [1.165, 1.54) is 11.3 Å². The molecule has 0 unspecified atom stereocenters. The Morgan fingerprint density at radius 2 is 2.10 bits per heavy atom. The summed E-state index contributed by atoms with van der Waals surface area (Å²) < 4.78 is 32.1. The number of sulfonamides is 1. The number of nitrogens with zero attached hydrogens (tertiary/aromatic N) is 1. The standard InChI is InChI=1S/C12H23N3O3S2/c1-13-10-11-4-5-12(19-11)20(16,17)14-6-7-15(2)8-9-18-3/h4-5,13-14H,6-10H2,1-3H3. The van der Waals surface area contributed by atoms with Crippen molar-refractivity contribution in [1.29, 1.82) is 0 Å². The van der Waals surface area contributed by atoms with Crippen LogP contribution in [0.15, 0.2) is 16.3 Å². The summed E-state index contributed by atoms with van der Waals surface area (Å²) in [5.74, 6) is 0. The fourth-order valence-corrected chi connectivity index (χ4v) is 4.01. The molecule has 2 N–H and O–H groups in total. The van der Waals surface area contributed by atoms with E-state index < -0.39 is 10.0 Å². The first-order valence-corrected chi connectivity index (χ1v) is 8.70. The molecular formula is C12H23N3O3S2. The molecule has 0 atom stereocenters. The fraction of sp³-hybridized carbons (Fsp3) is 0.667. The van der Waals surface area contributed by atoms with Gasteiger partial charge in [0.25, 0.3) is 0 Å². The quantitative estimate of drug-likeness (QED) is 0.650. The molecule has 1 aromatic rings. The molecule has 0 aliphatic carbocycles. The van der Waals surface area contributed by atoms with E-state index >= 15 is 0 Å². The van der Waals surface area contributed by atoms with Crippen molar-refractivity contribution in [2.45, 2.75) is 10.8 Å². The average molecular weight is 321 g/mol. The maximum absolute atomic E-state index is 12.1. The van der Waals surface area contributed by atoms with E-state index in [4.69, 9.17) is 4.74 Å². The Morgan fingerprint density at radius 1 is 1.35 bits per heavy atom. The first-order valence-electron chi connectivity index (χ1n) is 6.40. The molecule has 0 spiro atoms. The van der Waals surface area contributed by atoms with Gasteiger partial charge in [0.05, 0.1) is 6.61 Å². The van der Waals surface area contributed by atoms with Crippen molar-refractivity contribution in [1.82, 2.24) is 14.9 Å². The third-order valence-electron chi connectivity index (χ3n) is 2.72. The zero-order valence-corrected chi connectivity index (χ0v) is 13.8. The highest BCUT2D eigenvalue weighted by Gasteiger charge is 2.16. The minimum atomic E-state index is -3.39. The summed E-state index contributed by atoms with van der Waals surface area (Å²) in [6.45, 7) is 3.14. The van der Waals surface area contributed by atoms with E-state index in [9.17, 15) is 8.42 Å². The number of rotatable bonds is 10. The molecule has 116 valence electrons. The van der Waals surface area contributed by atoms with Crippen LogP contribution in [-0.4, -0.2) is 60.8 Å². The van der Waals surface area contributed by atoms with Gasteiger partial charge in [-0.3, -0.25) is 0 Å². The van der Waals surface area contributed by atoms with E-state index in [2.05, 4.69) is 10.0 Å². The molecule has 20 heavy (non-hydrogen) atoms. The van der Waals surface area contributed by atoms with E-state index in [0.29, 0.717) is 30.5 Å². The van der Waals surface area contributed by atoms with Crippen LogP contribution in [0, 0.1) is 0 Å². The summed E-state index contributed by atoms with van der Waals surface area (Å²) in [5, 5.41) is 3.00. The first kappa shape index (κ1) is 17.5. The summed E-state index contributed by atoms with van der Waals surface area (Å²) in [5.41, 5.74) is 0. The van der Waals surface area contributed by atoms with Crippen molar-refractivity contribution >= 4 is 21.4 Å². The molecular weight excluding hydrogens is 298 g/mol. The summed E-state index contributed by atoms with van der Waals surface area (Å²) in [7, 11) is 2.03. The normalized spacial score (nSPS) is 12.2. The Morgan fingerprint density at radius 3 is 2.75 bits per heavy atom. The number of methoxy groups -OCH3 is 1. The van der Waals surface area contributed by atoms with Crippen LogP contribution in [0.25, 0.3) is 0 Å². The van der Waals surface area contributed by atoms with Crippen molar-refractivity contribution in [2.75, 3.05) is 47.4 Å². The molecule has 0 bridgehead atoms. The third-order valence-corrected chi connectivity index (χ3v) is 5.75. The van der Waals surface area contributed by atoms with E-state index in [1.807, 2.05) is 25.1 Å². The van der Waals surface area contributed by atoms with Crippen molar-refractivity contribution in [3.63, 3.8) is 0 Å². The maximum atomic E-state index is 12.1. The van der Waals surface area contributed by atoms with Gasteiger partial charge in [-0.1, -0.05) is 0 Å². The van der Waals surface area contributed by atoms with Crippen LogP contribution in [-0.2, 0) is 21.3 Å². The van der Waals surface area contributed by atoms with Crippen LogP contribution in [0.1, 0.15) is 4.88 Å². The average Bonchev–Trinajstić information content (AvgIpc) is 2.86. The number of nitrogens with one attached hydrogen (secondary N) is 2. The lowest BCUT2D eigenvalue weighted by molar-refractivity contribution is 0.162. The maximum Gasteiger partial charge on any atom is 0.250 e. The zero-order chi connectivity index (χ0) is 15.0. The van der Waals surface area contributed by atoms with Gasteiger partial charge in [-0.15, -0.1) is 11.3 Å². The highest BCUT2D eigenvalue weighted by Crippen LogP contribution is 2.21. The molecule has 0 fully saturated rings. The van der Waals surface area contributed by atoms with Crippen LogP contribution in [0.4, 0.5) is 0 Å². The summed E-state index contributed by atoms with van der Waals surface area (Å²) in [6, 6.07) is 3.48. The SMILES string of the molecule is CNCc1ccc(S(=O)(=O)NCCN(C)CCOC)s1. The molecule has 0 saturated heterocycles. The van der Waals surface area contributed by atoms with Gasteiger partial charge in [-0.2, -0.15) is 0 Å². The van der Waals surface area contributed by atoms with Crippen LogP contribution in [0.5, 0.6) is 0 Å². The van der Waals surface area contributed by atoms with Gasteiger partial charge in [-0.25, -0.2) is 13.1 Å². The molecule has 0 aliphatic rings. The molecule has 0 saturated carbocycles. The lowest BCUT2D eigenvalue weighted by Gasteiger charge is -2.15. The highest BCUT2D eigenvalue weighted by atomic mass is 32.2. The minimum absolute atomic E-state index is 0.363. The first-order chi connectivity index (χ1) is 9.49. The summed E-state index contributed by atoms with van der Waals surface area (Å²) >= 11 is 1.29. The second-order valence-electron chi connectivity index (χ2n) is 4.44. The van der Waals surface area contributed by atoms with Gasteiger partial charge >= 0.3 is 0 Å². The molecule has 8 heteroatoms. The number of ether oxygens (including phenoxy) is 1. The molecule has 0 aliphatic heterocycles. The second kappa shape index (κ2) is 8.71. The Kier molecular flexibility index (Phi) is 7.63. The van der Waals surface area contributed by atoms with Crippen LogP contribution in [0.3, 0.4) is 0 Å². The summed E-state index contributed by atoms with van der Waals surface area (Å²) in [4.78, 5) is 3.03. The number of hydrogen-bond acceptors (Lipinski definition) is 6. The Balaban J connectivity index is 2.44. The zero-order valence-electron chi connectivity index (χ0n) is 12.2. The molecule has 0 radical (unpaired) electrons. The minimum Gasteiger partial charge on any atom is -0.383 e. The molecule has 0 amide bonds. The van der Waals surface area contributed by atoms with Crippen molar-refractivity contribution in [3.8, 4) is 0 Å². The van der Waals surface area contributed by atoms with Gasteiger partial charge in [0.2, 0.25) is 10.0 Å². The van der Waals surface area contributed by atoms with Crippen molar-refractivity contribution < 1.29 is 13.2 Å². The van der Waals surface area contributed by atoms with Crippen LogP contribution < -0.4 is 10.0 Å². The van der Waals surface area contributed by atoms with E-state index in [0.717, 1.165) is 11.4 Å². The van der Waals surface area contributed by atoms with Gasteiger partial charge in [0, 0.05) is 38.2 Å². The van der Waals surface area contributed by atoms with Crippen LogP contribution >= 0.6 is 11.3 Å². The predicted octanol–water partition coefficient (Wildman–Crippen LogP) is 0.324. The highest BCUT2D eigenvalue weighted by molar-refractivity contribution is 7.91. The van der Waals surface area contributed by atoms with E-state index in [-0.39, 0.29) is 0 Å². The lowest BCUT2D eigenvalue weighted by Crippen LogP contribution is -2.34. The van der Waals surface area contributed by atoms with Gasteiger partial charge in [0.15, 0.2) is 0 Å². The van der Waals surface area contributed by atoms with E-state index in [1.54, 1.807) is 13.2 Å². The topological polar surface area (TPSA) is 70.7 Å². The fourth-order valence-electron chi connectivity index (χ4n) is 1.57. The summed E-state index contributed by atoms with van der Waals surface area (Å²) in [6.07, 6.45) is 0. The monoisotopic (exact) mass is 321 g/mol. The molecule has 6 nitrogen and oxygen atoms in total. The largest absolute Gasteiger partial charge is 0.383 e. The Hall–Kier alpha value is -0.510. The third kappa shape index (κ3) is 5.86. The predicted molar refractivity (Wildman–Crippen MR) is 81.6 cm³/mol. The van der Waals surface area contributed by atoms with Crippen LogP contribution in [0.2, 0.25) is 0 Å². The number of hydrogen-bond donors (Lipinski definition) is 2.